The van der Waals surface area contributed by atoms with Crippen LogP contribution in [0.15, 0.2) is 41.1 Å². The van der Waals surface area contributed by atoms with Crippen molar-refractivity contribution in [2.24, 2.45) is 0 Å². The Kier molecular flexibility index (Phi) is 4.33. The molecule has 0 fully saturated rings. The van der Waals surface area contributed by atoms with Gasteiger partial charge in [0.05, 0.1) is 22.9 Å². The van der Waals surface area contributed by atoms with Gasteiger partial charge in [-0.1, -0.05) is 5.16 Å². The summed E-state index contributed by atoms with van der Waals surface area (Å²) in [6.07, 6.45) is 1.54. The molecule has 0 bridgehead atoms. The van der Waals surface area contributed by atoms with Gasteiger partial charge in [-0.25, -0.2) is 13.5 Å². The predicted octanol–water partition coefficient (Wildman–Crippen LogP) is 2.90. The average Bonchev–Trinajstić information content (AvgIpc) is 3.08. The summed E-state index contributed by atoms with van der Waals surface area (Å²) in [6.45, 7) is 1.76. The Bertz CT molecular complexity index is 860. The number of halogens is 2. The van der Waals surface area contributed by atoms with Gasteiger partial charge in [0.25, 0.3) is 0 Å². The lowest BCUT2D eigenvalue weighted by molar-refractivity contribution is 0.392. The number of benzene rings is 1. The molecule has 0 amide bonds. The Morgan fingerprint density at radius 2 is 1.96 bits per heavy atom. The van der Waals surface area contributed by atoms with E-state index in [1.807, 2.05) is 0 Å². The van der Waals surface area contributed by atoms with E-state index in [9.17, 15) is 13.0 Å². The number of hydrogen-bond donors (Lipinski definition) is 0. The van der Waals surface area contributed by atoms with Gasteiger partial charge in [-0.15, -0.1) is 0 Å². The van der Waals surface area contributed by atoms with Crippen LogP contribution in [0, 0.1) is 18.6 Å². The second kappa shape index (κ2) is 6.41. The molecular formula is C15H13F2N3O2S. The monoisotopic (exact) mass is 337 g/mol. The maximum absolute atomic E-state index is 13.7. The average molecular weight is 337 g/mol. The van der Waals surface area contributed by atoms with Gasteiger partial charge in [-0.3, -0.25) is 4.21 Å². The molecule has 0 saturated heterocycles. The highest BCUT2D eigenvalue weighted by Gasteiger charge is 2.11. The second-order valence-corrected chi connectivity index (χ2v) is 6.46. The van der Waals surface area contributed by atoms with E-state index in [1.54, 1.807) is 25.3 Å². The Morgan fingerprint density at radius 1 is 1.17 bits per heavy atom. The van der Waals surface area contributed by atoms with E-state index >= 15 is 0 Å². The number of aromatic nitrogens is 3. The summed E-state index contributed by atoms with van der Waals surface area (Å²) >= 11 is 0. The van der Waals surface area contributed by atoms with Crippen molar-refractivity contribution < 1.29 is 17.5 Å². The fraction of sp³-hybridized carbons (Fsp3) is 0.200. The van der Waals surface area contributed by atoms with E-state index < -0.39 is 22.4 Å². The van der Waals surface area contributed by atoms with Crippen LogP contribution in [0.5, 0.6) is 0 Å². The minimum Gasteiger partial charge on any atom is -0.361 e. The Balaban J connectivity index is 1.70. The SMILES string of the molecule is Cc1cc(C[S@@](=O)Cc2ccn(-c3ccc(F)cc3F)n2)no1. The van der Waals surface area contributed by atoms with Crippen LogP contribution in [0.25, 0.3) is 5.69 Å². The molecule has 0 radical (unpaired) electrons. The van der Waals surface area contributed by atoms with Crippen LogP contribution >= 0.6 is 0 Å². The minimum atomic E-state index is -1.21. The van der Waals surface area contributed by atoms with Crippen molar-refractivity contribution in [3.8, 4) is 5.69 Å². The van der Waals surface area contributed by atoms with Gasteiger partial charge in [0, 0.05) is 29.1 Å². The zero-order valence-electron chi connectivity index (χ0n) is 12.2. The molecular weight excluding hydrogens is 324 g/mol. The largest absolute Gasteiger partial charge is 0.361 e. The zero-order chi connectivity index (χ0) is 16.4. The number of rotatable bonds is 5. The Hall–Kier alpha value is -2.35. The van der Waals surface area contributed by atoms with Gasteiger partial charge in [0.15, 0.2) is 5.82 Å². The maximum atomic E-state index is 13.7. The molecule has 2 aromatic heterocycles. The molecule has 120 valence electrons. The number of hydrogen-bond acceptors (Lipinski definition) is 4. The quantitative estimate of drug-likeness (QED) is 0.718. The van der Waals surface area contributed by atoms with Crippen molar-refractivity contribution >= 4 is 10.8 Å². The Labute approximate surface area is 133 Å². The molecule has 0 aliphatic rings. The predicted molar refractivity (Wildman–Crippen MR) is 80.3 cm³/mol. The lowest BCUT2D eigenvalue weighted by Gasteiger charge is -2.03. The van der Waals surface area contributed by atoms with Gasteiger partial charge < -0.3 is 4.52 Å². The number of aryl methyl sites for hydroxylation is 1. The van der Waals surface area contributed by atoms with Crippen LogP contribution in [0.4, 0.5) is 8.78 Å². The van der Waals surface area contributed by atoms with Crippen molar-refractivity contribution in [2.45, 2.75) is 18.4 Å². The first-order valence-electron chi connectivity index (χ1n) is 6.78. The summed E-state index contributed by atoms with van der Waals surface area (Å²) in [6, 6.07) is 6.63. The van der Waals surface area contributed by atoms with Crippen LogP contribution in [-0.4, -0.2) is 19.1 Å². The molecule has 2 heterocycles. The first kappa shape index (κ1) is 15.5. The highest BCUT2D eigenvalue weighted by molar-refractivity contribution is 7.83. The molecule has 0 unspecified atom stereocenters. The number of nitrogens with zero attached hydrogens (tertiary/aromatic N) is 3. The third-order valence-corrected chi connectivity index (χ3v) is 4.33. The van der Waals surface area contributed by atoms with Crippen LogP contribution < -0.4 is 0 Å². The summed E-state index contributed by atoms with van der Waals surface area (Å²) < 4.78 is 45.0. The molecule has 8 heteroatoms. The fourth-order valence-corrected chi connectivity index (χ4v) is 3.16. The van der Waals surface area contributed by atoms with Crippen molar-refractivity contribution in [1.82, 2.24) is 14.9 Å². The minimum absolute atomic E-state index is 0.135. The summed E-state index contributed by atoms with van der Waals surface area (Å²) in [5, 5.41) is 7.97. The van der Waals surface area contributed by atoms with Crippen molar-refractivity contribution in [3.63, 3.8) is 0 Å². The summed E-state index contributed by atoms with van der Waals surface area (Å²) in [5.74, 6) is -0.230. The third kappa shape index (κ3) is 3.70. The van der Waals surface area contributed by atoms with Crippen LogP contribution in [0.1, 0.15) is 17.1 Å². The van der Waals surface area contributed by atoms with E-state index in [0.717, 1.165) is 12.1 Å². The topological polar surface area (TPSA) is 60.9 Å². The first-order valence-corrected chi connectivity index (χ1v) is 8.27. The van der Waals surface area contributed by atoms with Gasteiger partial charge in [0.2, 0.25) is 0 Å². The van der Waals surface area contributed by atoms with E-state index in [2.05, 4.69) is 10.3 Å². The molecule has 1 aromatic carbocycles. The molecule has 0 saturated carbocycles. The molecule has 5 nitrogen and oxygen atoms in total. The van der Waals surface area contributed by atoms with Crippen LogP contribution in [0.3, 0.4) is 0 Å². The Morgan fingerprint density at radius 3 is 2.65 bits per heavy atom. The van der Waals surface area contributed by atoms with E-state index in [1.165, 1.54) is 10.7 Å². The maximum Gasteiger partial charge on any atom is 0.151 e. The second-order valence-electron chi connectivity index (χ2n) is 5.00. The van der Waals surface area contributed by atoms with E-state index in [0.29, 0.717) is 17.1 Å². The summed E-state index contributed by atoms with van der Waals surface area (Å²) in [7, 11) is -1.21. The lowest BCUT2D eigenvalue weighted by atomic mass is 10.3. The van der Waals surface area contributed by atoms with Crippen LogP contribution in [-0.2, 0) is 22.3 Å². The molecule has 23 heavy (non-hydrogen) atoms. The molecule has 1 atom stereocenters. The summed E-state index contributed by atoms with van der Waals surface area (Å²) in [5.41, 5.74) is 1.30. The van der Waals surface area contributed by atoms with Crippen molar-refractivity contribution in [3.05, 3.63) is 65.3 Å². The lowest BCUT2D eigenvalue weighted by Crippen LogP contribution is -2.03. The fourth-order valence-electron chi connectivity index (χ4n) is 2.11. The molecule has 0 N–H and O–H groups in total. The van der Waals surface area contributed by atoms with Crippen LogP contribution in [0.2, 0.25) is 0 Å². The summed E-state index contributed by atoms with van der Waals surface area (Å²) in [4.78, 5) is 0. The van der Waals surface area contributed by atoms with Crippen molar-refractivity contribution in [1.29, 1.82) is 0 Å². The normalized spacial score (nSPS) is 12.5. The zero-order valence-corrected chi connectivity index (χ0v) is 13.0. The smallest absolute Gasteiger partial charge is 0.151 e. The highest BCUT2D eigenvalue weighted by atomic mass is 32.2. The van der Waals surface area contributed by atoms with Gasteiger partial charge in [0.1, 0.15) is 17.3 Å². The van der Waals surface area contributed by atoms with Gasteiger partial charge in [-0.05, 0) is 25.1 Å². The molecule has 0 aliphatic heterocycles. The molecule has 3 rings (SSSR count). The molecule has 3 aromatic rings. The van der Waals surface area contributed by atoms with Crippen molar-refractivity contribution in [2.75, 3.05) is 0 Å². The van der Waals surface area contributed by atoms with E-state index in [4.69, 9.17) is 4.52 Å². The van der Waals surface area contributed by atoms with Gasteiger partial charge in [-0.2, -0.15) is 5.10 Å². The van der Waals surface area contributed by atoms with E-state index in [-0.39, 0.29) is 17.2 Å². The first-order chi connectivity index (χ1) is 11.0. The molecule has 0 spiro atoms. The molecule has 0 aliphatic carbocycles. The van der Waals surface area contributed by atoms with Gasteiger partial charge >= 0.3 is 0 Å². The highest BCUT2D eigenvalue weighted by Crippen LogP contribution is 2.15. The third-order valence-electron chi connectivity index (χ3n) is 3.10. The standard InChI is InChI=1S/C15H13F2N3O2S/c1-10-6-13(19-22-10)9-23(21)8-12-4-5-20(18-12)15-3-2-11(16)7-14(15)17/h2-7H,8-9H2,1H3/t23-/m0/s1.